The summed E-state index contributed by atoms with van der Waals surface area (Å²) in [5, 5.41) is 3.20. The number of ether oxygens (including phenoxy) is 2. The minimum absolute atomic E-state index is 0.178. The lowest BCUT2D eigenvalue weighted by Gasteiger charge is -2.40. The van der Waals surface area contributed by atoms with E-state index in [1.54, 1.807) is 12.1 Å². The van der Waals surface area contributed by atoms with Gasteiger partial charge in [0, 0.05) is 12.2 Å². The van der Waals surface area contributed by atoms with Crippen LogP contribution in [0.3, 0.4) is 0 Å². The maximum Gasteiger partial charge on any atom is 0.169 e. The van der Waals surface area contributed by atoms with Crippen molar-refractivity contribution in [2.45, 2.75) is 37.8 Å². The van der Waals surface area contributed by atoms with Crippen molar-refractivity contribution in [3.63, 3.8) is 0 Å². The molecule has 0 radical (unpaired) electrons. The Kier molecular flexibility index (Phi) is 4.42. The highest BCUT2D eigenvalue weighted by molar-refractivity contribution is 5.34. The zero-order chi connectivity index (χ0) is 13.9. The summed E-state index contributed by atoms with van der Waals surface area (Å²) < 4.78 is 25.4. The molecule has 1 N–H and O–H groups in total. The first-order valence-electron chi connectivity index (χ1n) is 6.76. The van der Waals surface area contributed by atoms with Crippen molar-refractivity contribution < 1.29 is 13.9 Å². The quantitative estimate of drug-likeness (QED) is 0.909. The van der Waals surface area contributed by atoms with Crippen molar-refractivity contribution in [3.8, 4) is 5.75 Å². The molecule has 1 heterocycles. The molecule has 0 amide bonds. The third kappa shape index (κ3) is 2.74. The molecule has 1 fully saturated rings. The molecule has 3 nitrogen and oxygen atoms in total. The minimum Gasteiger partial charge on any atom is -0.494 e. The average Bonchev–Trinajstić information content (AvgIpc) is 2.42. The molecule has 0 aromatic heterocycles. The van der Waals surface area contributed by atoms with Crippen LogP contribution in [0.1, 0.15) is 37.8 Å². The summed E-state index contributed by atoms with van der Waals surface area (Å²) in [5.74, 6) is -0.0306. The van der Waals surface area contributed by atoms with Crippen LogP contribution in [-0.2, 0) is 4.74 Å². The fraction of sp³-hybridized carbons (Fsp3) is 0.600. The molecule has 4 heteroatoms. The van der Waals surface area contributed by atoms with Gasteiger partial charge in [0.15, 0.2) is 11.6 Å². The number of rotatable bonds is 4. The monoisotopic (exact) mass is 267 g/mol. The molecule has 0 saturated carbocycles. The molecule has 2 rings (SSSR count). The van der Waals surface area contributed by atoms with Gasteiger partial charge in [-0.25, -0.2) is 4.39 Å². The molecular weight excluding hydrogens is 245 g/mol. The highest BCUT2D eigenvalue weighted by Crippen LogP contribution is 2.38. The predicted octanol–water partition coefficient (Wildman–Crippen LogP) is 3.05. The molecule has 0 bridgehead atoms. The predicted molar refractivity (Wildman–Crippen MR) is 73.0 cm³/mol. The molecule has 1 aromatic carbocycles. The molecule has 2 atom stereocenters. The third-order valence-electron chi connectivity index (χ3n) is 3.92. The Balaban J connectivity index is 2.36. The summed E-state index contributed by atoms with van der Waals surface area (Å²) >= 11 is 0. The van der Waals surface area contributed by atoms with E-state index in [-0.39, 0.29) is 23.2 Å². The van der Waals surface area contributed by atoms with Gasteiger partial charge in [0.2, 0.25) is 0 Å². The second kappa shape index (κ2) is 5.88. The smallest absolute Gasteiger partial charge is 0.169 e. The largest absolute Gasteiger partial charge is 0.494 e. The van der Waals surface area contributed by atoms with Crippen LogP contribution in [0.25, 0.3) is 0 Å². The van der Waals surface area contributed by atoms with Crippen molar-refractivity contribution in [2.24, 2.45) is 0 Å². The highest BCUT2D eigenvalue weighted by Gasteiger charge is 2.38. The molecule has 0 aliphatic carbocycles. The van der Waals surface area contributed by atoms with E-state index in [0.717, 1.165) is 25.9 Å². The third-order valence-corrected chi connectivity index (χ3v) is 3.92. The van der Waals surface area contributed by atoms with Crippen LogP contribution in [0.15, 0.2) is 18.2 Å². The van der Waals surface area contributed by atoms with Crippen LogP contribution in [0, 0.1) is 5.82 Å². The van der Waals surface area contributed by atoms with E-state index >= 15 is 0 Å². The summed E-state index contributed by atoms with van der Waals surface area (Å²) in [4.78, 5) is 0. The Hall–Kier alpha value is -1.13. The van der Waals surface area contributed by atoms with Crippen molar-refractivity contribution in [2.75, 3.05) is 20.8 Å². The first-order valence-corrected chi connectivity index (χ1v) is 6.76. The molecular formula is C15H22FNO2. The standard InChI is InChI=1S/C15H22FNO2/c1-15(9-4-5-10-19-15)14(17-2)11-7-6-8-12(18-3)13(11)16/h6-8,14,17H,4-5,9-10H2,1-3H3. The molecule has 19 heavy (non-hydrogen) atoms. The number of likely N-dealkylation sites (N-methyl/N-ethyl adjacent to an activating group) is 1. The van der Waals surface area contributed by atoms with Gasteiger partial charge in [0.1, 0.15) is 0 Å². The fourth-order valence-corrected chi connectivity index (χ4v) is 2.88. The Bertz CT molecular complexity index is 430. The lowest BCUT2D eigenvalue weighted by Crippen LogP contribution is -2.45. The fourth-order valence-electron chi connectivity index (χ4n) is 2.88. The Morgan fingerprint density at radius 2 is 2.21 bits per heavy atom. The number of nitrogens with one attached hydrogen (secondary N) is 1. The Morgan fingerprint density at radius 3 is 2.79 bits per heavy atom. The molecule has 2 unspecified atom stereocenters. The first kappa shape index (κ1) is 14.3. The lowest BCUT2D eigenvalue weighted by atomic mass is 9.84. The minimum atomic E-state index is -0.375. The number of hydrogen-bond donors (Lipinski definition) is 1. The summed E-state index contributed by atoms with van der Waals surface area (Å²) in [6.45, 7) is 2.78. The van der Waals surface area contributed by atoms with Crippen LogP contribution in [0.2, 0.25) is 0 Å². The Labute approximate surface area is 114 Å². The summed E-state index contributed by atoms with van der Waals surface area (Å²) in [7, 11) is 3.32. The molecule has 1 saturated heterocycles. The van der Waals surface area contributed by atoms with E-state index in [2.05, 4.69) is 5.32 Å². The molecule has 1 aromatic rings. The van der Waals surface area contributed by atoms with Crippen molar-refractivity contribution in [1.82, 2.24) is 5.32 Å². The van der Waals surface area contributed by atoms with Gasteiger partial charge in [-0.1, -0.05) is 12.1 Å². The van der Waals surface area contributed by atoms with Gasteiger partial charge >= 0.3 is 0 Å². The van der Waals surface area contributed by atoms with Crippen LogP contribution >= 0.6 is 0 Å². The number of benzene rings is 1. The van der Waals surface area contributed by atoms with Gasteiger partial charge in [-0.15, -0.1) is 0 Å². The van der Waals surface area contributed by atoms with Crippen LogP contribution in [0.4, 0.5) is 4.39 Å². The van der Waals surface area contributed by atoms with Gasteiger partial charge < -0.3 is 14.8 Å². The van der Waals surface area contributed by atoms with Gasteiger partial charge in [0.05, 0.1) is 18.8 Å². The van der Waals surface area contributed by atoms with E-state index in [1.165, 1.54) is 7.11 Å². The summed E-state index contributed by atoms with van der Waals surface area (Å²) in [6, 6.07) is 5.06. The topological polar surface area (TPSA) is 30.5 Å². The SMILES string of the molecule is CNC(c1cccc(OC)c1F)C1(C)CCCCO1. The molecule has 106 valence electrons. The van der Waals surface area contributed by atoms with Crippen LogP contribution in [-0.4, -0.2) is 26.4 Å². The second-order valence-electron chi connectivity index (χ2n) is 5.20. The number of methoxy groups -OCH3 is 1. The number of hydrogen-bond acceptors (Lipinski definition) is 3. The van der Waals surface area contributed by atoms with Gasteiger partial charge in [-0.2, -0.15) is 0 Å². The van der Waals surface area contributed by atoms with Crippen molar-refractivity contribution in [3.05, 3.63) is 29.6 Å². The maximum atomic E-state index is 14.4. The molecule has 1 aliphatic heterocycles. The zero-order valence-corrected chi connectivity index (χ0v) is 11.8. The van der Waals surface area contributed by atoms with E-state index in [9.17, 15) is 4.39 Å². The van der Waals surface area contributed by atoms with Crippen LogP contribution < -0.4 is 10.1 Å². The molecule has 1 aliphatic rings. The summed E-state index contributed by atoms with van der Waals surface area (Å²) in [6.07, 6.45) is 3.11. The van der Waals surface area contributed by atoms with Gasteiger partial charge in [-0.3, -0.25) is 0 Å². The number of halogens is 1. The molecule has 0 spiro atoms. The summed E-state index contributed by atoms with van der Waals surface area (Å²) in [5.41, 5.74) is 0.228. The van der Waals surface area contributed by atoms with Crippen molar-refractivity contribution in [1.29, 1.82) is 0 Å². The van der Waals surface area contributed by atoms with Crippen molar-refractivity contribution >= 4 is 0 Å². The average molecular weight is 267 g/mol. The first-order chi connectivity index (χ1) is 9.12. The Morgan fingerprint density at radius 1 is 1.42 bits per heavy atom. The van der Waals surface area contributed by atoms with Gasteiger partial charge in [-0.05, 0) is 39.3 Å². The maximum absolute atomic E-state index is 14.4. The van der Waals surface area contributed by atoms with E-state index < -0.39 is 0 Å². The van der Waals surface area contributed by atoms with E-state index in [4.69, 9.17) is 9.47 Å². The van der Waals surface area contributed by atoms with E-state index in [0.29, 0.717) is 5.56 Å². The van der Waals surface area contributed by atoms with Gasteiger partial charge in [0.25, 0.3) is 0 Å². The normalized spacial score (nSPS) is 25.1. The zero-order valence-electron chi connectivity index (χ0n) is 11.8. The van der Waals surface area contributed by atoms with Crippen LogP contribution in [0.5, 0.6) is 5.75 Å². The van der Waals surface area contributed by atoms with E-state index in [1.807, 2.05) is 20.0 Å². The second-order valence-corrected chi connectivity index (χ2v) is 5.20. The highest BCUT2D eigenvalue weighted by atomic mass is 19.1. The lowest BCUT2D eigenvalue weighted by molar-refractivity contribution is -0.0891.